The number of hydrogen-bond acceptors (Lipinski definition) is 1. The molecule has 0 bridgehead atoms. The first-order chi connectivity index (χ1) is 6.92. The molecule has 1 heterocycles. The van der Waals surface area contributed by atoms with Gasteiger partial charge < -0.3 is 0 Å². The summed E-state index contributed by atoms with van der Waals surface area (Å²) in [7, 11) is 0. The smallest absolute Gasteiger partial charge is 0.0686 e. The van der Waals surface area contributed by atoms with Crippen molar-refractivity contribution in [2.45, 2.75) is 6.54 Å². The highest BCUT2D eigenvalue weighted by atomic mass is 35.5. The Morgan fingerprint density at radius 2 is 2.14 bits per heavy atom. The van der Waals surface area contributed by atoms with Crippen LogP contribution in [-0.4, -0.2) is 15.7 Å². The maximum Gasteiger partial charge on any atom is 0.0686 e. The maximum absolute atomic E-state index is 5.54. The summed E-state index contributed by atoms with van der Waals surface area (Å²) < 4.78 is 1.96. The number of fused-ring (bicyclic) bond motifs is 1. The summed E-state index contributed by atoms with van der Waals surface area (Å²) in [6.45, 7) is 0.778. The lowest BCUT2D eigenvalue weighted by Crippen LogP contribution is -1.96. The van der Waals surface area contributed by atoms with Gasteiger partial charge in [0, 0.05) is 11.3 Å². The Bertz CT molecular complexity index is 445. The predicted molar refractivity (Wildman–Crippen MR) is 59.6 cm³/mol. The first-order valence-corrected chi connectivity index (χ1v) is 5.07. The highest BCUT2D eigenvalue weighted by Gasteiger charge is 1.97. The van der Waals surface area contributed by atoms with Crippen molar-refractivity contribution in [1.29, 1.82) is 0 Å². The van der Waals surface area contributed by atoms with Gasteiger partial charge in [0.2, 0.25) is 0 Å². The van der Waals surface area contributed by atoms with Crippen molar-refractivity contribution in [3.05, 3.63) is 42.6 Å². The molecule has 0 amide bonds. The number of hydrogen-bond donors (Lipinski definition) is 0. The van der Waals surface area contributed by atoms with Crippen LogP contribution in [-0.2, 0) is 6.54 Å². The monoisotopic (exact) mass is 206 g/mol. The van der Waals surface area contributed by atoms with E-state index in [4.69, 9.17) is 11.6 Å². The van der Waals surface area contributed by atoms with Crippen LogP contribution in [0.25, 0.3) is 10.9 Å². The summed E-state index contributed by atoms with van der Waals surface area (Å²) in [6.07, 6.45) is 5.83. The number of benzene rings is 1. The van der Waals surface area contributed by atoms with E-state index in [9.17, 15) is 0 Å². The third kappa shape index (κ3) is 1.80. The molecule has 0 atom stereocenters. The standard InChI is InChI=1S/C11H11ClN2/c12-7-3-4-8-14-11-6-2-1-5-10(11)9-13-14/h1-6,9H,7-8H2/b4-3+. The largest absolute Gasteiger partial charge is 0.261 e. The molecule has 1 aromatic heterocycles. The summed E-state index contributed by atoms with van der Waals surface area (Å²) in [5.74, 6) is 0.555. The fraction of sp³-hybridized carbons (Fsp3) is 0.182. The molecule has 2 rings (SSSR count). The lowest BCUT2D eigenvalue weighted by atomic mass is 10.2. The van der Waals surface area contributed by atoms with Crippen molar-refractivity contribution in [3.63, 3.8) is 0 Å². The Kier molecular flexibility index (Phi) is 2.84. The Morgan fingerprint density at radius 3 is 3.00 bits per heavy atom. The fourth-order valence-electron chi connectivity index (χ4n) is 1.41. The molecule has 2 aromatic rings. The molecule has 2 nitrogen and oxygen atoms in total. The van der Waals surface area contributed by atoms with Gasteiger partial charge in [0.1, 0.15) is 0 Å². The minimum absolute atomic E-state index is 0.555. The van der Waals surface area contributed by atoms with Crippen molar-refractivity contribution in [2.24, 2.45) is 0 Å². The van der Waals surface area contributed by atoms with Crippen LogP contribution < -0.4 is 0 Å². The molecular weight excluding hydrogens is 196 g/mol. The van der Waals surface area contributed by atoms with Crippen molar-refractivity contribution >= 4 is 22.5 Å². The fourth-order valence-corrected chi connectivity index (χ4v) is 1.53. The molecule has 14 heavy (non-hydrogen) atoms. The van der Waals surface area contributed by atoms with E-state index in [1.165, 1.54) is 5.39 Å². The molecule has 3 heteroatoms. The van der Waals surface area contributed by atoms with E-state index in [0.717, 1.165) is 12.1 Å². The topological polar surface area (TPSA) is 17.8 Å². The minimum Gasteiger partial charge on any atom is -0.261 e. The second-order valence-corrected chi connectivity index (χ2v) is 3.32. The number of aromatic nitrogens is 2. The van der Waals surface area contributed by atoms with Gasteiger partial charge in [-0.05, 0) is 6.07 Å². The molecule has 0 aliphatic rings. The van der Waals surface area contributed by atoms with Crippen LogP contribution in [0.3, 0.4) is 0 Å². The number of rotatable bonds is 3. The molecule has 72 valence electrons. The third-order valence-corrected chi connectivity index (χ3v) is 2.26. The van der Waals surface area contributed by atoms with E-state index in [-0.39, 0.29) is 0 Å². The highest BCUT2D eigenvalue weighted by Crippen LogP contribution is 2.12. The number of halogens is 1. The molecule has 0 radical (unpaired) electrons. The zero-order chi connectivity index (χ0) is 9.80. The summed E-state index contributed by atoms with van der Waals surface area (Å²) in [6, 6.07) is 8.16. The summed E-state index contributed by atoms with van der Waals surface area (Å²) in [5, 5.41) is 5.46. The Labute approximate surface area is 87.8 Å². The number of nitrogens with zero attached hydrogens (tertiary/aromatic N) is 2. The van der Waals surface area contributed by atoms with Gasteiger partial charge in [-0.25, -0.2) is 0 Å². The lowest BCUT2D eigenvalue weighted by molar-refractivity contribution is 0.727. The average Bonchev–Trinajstić information content (AvgIpc) is 2.63. The summed E-state index contributed by atoms with van der Waals surface area (Å²) in [5.41, 5.74) is 1.16. The molecule has 0 unspecified atom stereocenters. The van der Waals surface area contributed by atoms with Crippen molar-refractivity contribution in [3.8, 4) is 0 Å². The molecular formula is C11H11ClN2. The van der Waals surface area contributed by atoms with E-state index < -0.39 is 0 Å². The van der Waals surface area contributed by atoms with Gasteiger partial charge in [0.05, 0.1) is 18.3 Å². The Morgan fingerprint density at radius 1 is 1.29 bits per heavy atom. The van der Waals surface area contributed by atoms with Crippen molar-refractivity contribution in [2.75, 3.05) is 5.88 Å². The van der Waals surface area contributed by atoms with Gasteiger partial charge >= 0.3 is 0 Å². The molecule has 0 aliphatic carbocycles. The first-order valence-electron chi connectivity index (χ1n) is 4.53. The average molecular weight is 207 g/mol. The zero-order valence-electron chi connectivity index (χ0n) is 7.73. The normalized spacial score (nSPS) is 11.5. The molecule has 0 saturated heterocycles. The Balaban J connectivity index is 2.29. The zero-order valence-corrected chi connectivity index (χ0v) is 8.48. The molecule has 0 aliphatic heterocycles. The molecule has 0 N–H and O–H groups in total. The first kappa shape index (κ1) is 9.28. The van der Waals surface area contributed by atoms with Crippen LogP contribution in [0.2, 0.25) is 0 Å². The van der Waals surface area contributed by atoms with Gasteiger partial charge in [-0.3, -0.25) is 4.68 Å². The van der Waals surface area contributed by atoms with Gasteiger partial charge in [-0.1, -0.05) is 30.4 Å². The van der Waals surface area contributed by atoms with Crippen LogP contribution in [0.1, 0.15) is 0 Å². The summed E-state index contributed by atoms with van der Waals surface area (Å²) >= 11 is 5.54. The van der Waals surface area contributed by atoms with Crippen LogP contribution >= 0.6 is 11.6 Å². The number of para-hydroxylation sites is 1. The molecule has 0 saturated carbocycles. The van der Waals surface area contributed by atoms with Crippen LogP contribution in [0, 0.1) is 0 Å². The number of alkyl halides is 1. The second kappa shape index (κ2) is 4.29. The Hall–Kier alpha value is -1.28. The third-order valence-electron chi connectivity index (χ3n) is 2.09. The van der Waals surface area contributed by atoms with Gasteiger partial charge in [0.15, 0.2) is 0 Å². The van der Waals surface area contributed by atoms with Crippen LogP contribution in [0.5, 0.6) is 0 Å². The van der Waals surface area contributed by atoms with Gasteiger partial charge in [-0.2, -0.15) is 5.10 Å². The van der Waals surface area contributed by atoms with E-state index in [1.807, 2.05) is 35.2 Å². The van der Waals surface area contributed by atoms with E-state index >= 15 is 0 Å². The molecule has 0 fully saturated rings. The quantitative estimate of drug-likeness (QED) is 0.558. The summed E-state index contributed by atoms with van der Waals surface area (Å²) in [4.78, 5) is 0. The molecule has 1 aromatic carbocycles. The number of allylic oxidation sites excluding steroid dienone is 2. The van der Waals surface area contributed by atoms with E-state index in [2.05, 4.69) is 17.2 Å². The minimum atomic E-state index is 0.555. The lowest BCUT2D eigenvalue weighted by Gasteiger charge is -1.97. The SMILES string of the molecule is ClC/C=C/Cn1ncc2ccccc21. The van der Waals surface area contributed by atoms with Gasteiger partial charge in [-0.15, -0.1) is 11.6 Å². The maximum atomic E-state index is 5.54. The predicted octanol–water partition coefficient (Wildman–Crippen LogP) is 2.83. The van der Waals surface area contributed by atoms with E-state index in [0.29, 0.717) is 5.88 Å². The molecule has 0 spiro atoms. The van der Waals surface area contributed by atoms with Gasteiger partial charge in [0.25, 0.3) is 0 Å². The van der Waals surface area contributed by atoms with E-state index in [1.54, 1.807) is 0 Å². The van der Waals surface area contributed by atoms with Crippen LogP contribution in [0.4, 0.5) is 0 Å². The van der Waals surface area contributed by atoms with Crippen molar-refractivity contribution < 1.29 is 0 Å². The highest BCUT2D eigenvalue weighted by molar-refractivity contribution is 6.18. The second-order valence-electron chi connectivity index (χ2n) is 3.01. The van der Waals surface area contributed by atoms with Crippen molar-refractivity contribution in [1.82, 2.24) is 9.78 Å². The van der Waals surface area contributed by atoms with Crippen LogP contribution in [0.15, 0.2) is 42.6 Å².